The lowest BCUT2D eigenvalue weighted by Gasteiger charge is -2.05. The van der Waals surface area contributed by atoms with Crippen LogP contribution in [0.25, 0.3) is 0 Å². The topological polar surface area (TPSA) is 71.5 Å². The quantitative estimate of drug-likeness (QED) is 0.866. The van der Waals surface area contributed by atoms with Crippen LogP contribution >= 0.6 is 11.3 Å². The highest BCUT2D eigenvalue weighted by molar-refractivity contribution is 7.17. The summed E-state index contributed by atoms with van der Waals surface area (Å²) < 4.78 is 43.4. The van der Waals surface area contributed by atoms with Gasteiger partial charge in [0.15, 0.2) is 10.8 Å². The van der Waals surface area contributed by atoms with Crippen molar-refractivity contribution < 1.29 is 27.8 Å². The number of rotatable bonds is 5. The number of anilines is 2. The average Bonchev–Trinajstić information content (AvgIpc) is 2.85. The van der Waals surface area contributed by atoms with Gasteiger partial charge >= 0.3 is 12.1 Å². The Bertz CT molecular complexity index is 668. The molecule has 2 aromatic rings. The zero-order chi connectivity index (χ0) is 16.3. The first-order valence-electron chi connectivity index (χ1n) is 6.12. The number of hydrogen-bond donors (Lipinski definition) is 2. The van der Waals surface area contributed by atoms with E-state index < -0.39 is 22.7 Å². The molecule has 1 aromatic carbocycles. The third-order valence-corrected chi connectivity index (χ3v) is 3.47. The number of carbonyl (C=O) groups is 1. The monoisotopic (exact) mass is 332 g/mol. The number of nitrogens with zero attached hydrogens (tertiary/aromatic N) is 1. The van der Waals surface area contributed by atoms with Gasteiger partial charge in [-0.25, -0.2) is 9.78 Å². The maximum Gasteiger partial charge on any atom is 0.435 e. The number of thiazole rings is 1. The van der Waals surface area contributed by atoms with Gasteiger partial charge in [0.2, 0.25) is 0 Å². The summed E-state index contributed by atoms with van der Waals surface area (Å²) in [4.78, 5) is 13.4. The second-order valence-corrected chi connectivity index (χ2v) is 5.08. The second kappa shape index (κ2) is 6.22. The molecule has 0 spiro atoms. The molecule has 0 radical (unpaired) electrons. The first-order chi connectivity index (χ1) is 10.3. The van der Waals surface area contributed by atoms with Crippen LogP contribution in [0.2, 0.25) is 0 Å². The molecule has 0 saturated carbocycles. The minimum absolute atomic E-state index is 0.145. The molecule has 118 valence electrons. The number of carboxylic acids is 1. The van der Waals surface area contributed by atoms with Gasteiger partial charge in [0.25, 0.3) is 0 Å². The first kappa shape index (κ1) is 16.1. The van der Waals surface area contributed by atoms with Crippen LogP contribution < -0.4 is 10.1 Å². The van der Waals surface area contributed by atoms with Crippen LogP contribution in [0.5, 0.6) is 5.75 Å². The summed E-state index contributed by atoms with van der Waals surface area (Å²) in [5, 5.41) is 11.3. The van der Waals surface area contributed by atoms with Gasteiger partial charge in [-0.15, -0.1) is 0 Å². The Labute approximate surface area is 127 Å². The van der Waals surface area contributed by atoms with Crippen LogP contribution in [-0.4, -0.2) is 22.7 Å². The Hall–Kier alpha value is -2.29. The Morgan fingerprint density at radius 2 is 2.00 bits per heavy atom. The molecule has 1 heterocycles. The van der Waals surface area contributed by atoms with Crippen LogP contribution in [0.4, 0.5) is 24.0 Å². The lowest BCUT2D eigenvalue weighted by Crippen LogP contribution is -2.11. The lowest BCUT2D eigenvalue weighted by molar-refractivity contribution is -0.141. The Morgan fingerprint density at radius 3 is 2.45 bits per heavy atom. The molecule has 0 unspecified atom stereocenters. The largest absolute Gasteiger partial charge is 0.494 e. The number of hydrogen-bond acceptors (Lipinski definition) is 5. The Kier molecular flexibility index (Phi) is 4.55. The summed E-state index contributed by atoms with van der Waals surface area (Å²) in [5.74, 6) is -1.04. The summed E-state index contributed by atoms with van der Waals surface area (Å²) in [6, 6.07) is 6.48. The molecule has 5 nitrogen and oxygen atoms in total. The van der Waals surface area contributed by atoms with E-state index in [0.29, 0.717) is 29.4 Å². The highest BCUT2D eigenvalue weighted by Gasteiger charge is 2.39. The van der Waals surface area contributed by atoms with E-state index in [-0.39, 0.29) is 5.13 Å². The fourth-order valence-electron chi connectivity index (χ4n) is 1.64. The smallest absolute Gasteiger partial charge is 0.435 e. The third kappa shape index (κ3) is 3.67. The van der Waals surface area contributed by atoms with Crippen LogP contribution in [0.15, 0.2) is 24.3 Å². The van der Waals surface area contributed by atoms with E-state index in [2.05, 4.69) is 10.3 Å². The molecule has 0 saturated heterocycles. The van der Waals surface area contributed by atoms with Gasteiger partial charge < -0.3 is 15.2 Å². The maximum absolute atomic E-state index is 12.7. The minimum atomic E-state index is -4.82. The van der Waals surface area contributed by atoms with Crippen molar-refractivity contribution >= 4 is 28.1 Å². The van der Waals surface area contributed by atoms with Crippen LogP contribution in [0.1, 0.15) is 22.3 Å². The number of aromatic nitrogens is 1. The molecule has 0 aliphatic rings. The number of benzene rings is 1. The van der Waals surface area contributed by atoms with Gasteiger partial charge in [0.1, 0.15) is 10.6 Å². The van der Waals surface area contributed by atoms with Crippen molar-refractivity contribution in [2.24, 2.45) is 0 Å². The predicted octanol–water partition coefficient (Wildman–Crippen LogP) is 4.00. The highest BCUT2D eigenvalue weighted by Crippen LogP contribution is 2.37. The molecule has 22 heavy (non-hydrogen) atoms. The predicted molar refractivity (Wildman–Crippen MR) is 75.0 cm³/mol. The van der Waals surface area contributed by atoms with E-state index in [4.69, 9.17) is 9.84 Å². The van der Waals surface area contributed by atoms with Crippen LogP contribution in [-0.2, 0) is 6.18 Å². The summed E-state index contributed by atoms with van der Waals surface area (Å²) in [7, 11) is 0. The van der Waals surface area contributed by atoms with Crippen molar-refractivity contribution in [3.05, 3.63) is 34.8 Å². The number of ether oxygens (including phenoxy) is 1. The van der Waals surface area contributed by atoms with Crippen molar-refractivity contribution in [2.45, 2.75) is 13.1 Å². The number of alkyl halides is 3. The molecule has 0 bridgehead atoms. The molecule has 0 atom stereocenters. The first-order valence-corrected chi connectivity index (χ1v) is 6.94. The Balaban J connectivity index is 2.24. The molecule has 0 aliphatic heterocycles. The van der Waals surface area contributed by atoms with E-state index in [0.717, 1.165) is 0 Å². The second-order valence-electron chi connectivity index (χ2n) is 4.08. The molecule has 2 N–H and O–H groups in total. The number of aromatic carboxylic acids is 1. The van der Waals surface area contributed by atoms with Crippen molar-refractivity contribution in [1.82, 2.24) is 4.98 Å². The van der Waals surface area contributed by atoms with Gasteiger partial charge in [-0.05, 0) is 31.2 Å². The fourth-order valence-corrected chi connectivity index (χ4v) is 2.48. The normalized spacial score (nSPS) is 11.3. The third-order valence-electron chi connectivity index (χ3n) is 2.51. The fraction of sp³-hybridized carbons (Fsp3) is 0.231. The summed E-state index contributed by atoms with van der Waals surface area (Å²) in [5.41, 5.74) is -0.929. The van der Waals surface area contributed by atoms with Crippen molar-refractivity contribution in [3.63, 3.8) is 0 Å². The number of nitrogens with one attached hydrogen (secondary N) is 1. The molecule has 2 rings (SSSR count). The van der Waals surface area contributed by atoms with E-state index in [1.54, 1.807) is 24.3 Å². The average molecular weight is 332 g/mol. The van der Waals surface area contributed by atoms with Crippen LogP contribution in [0, 0.1) is 0 Å². The van der Waals surface area contributed by atoms with E-state index in [1.807, 2.05) is 6.92 Å². The standard InChI is InChI=1S/C13H11F3N2O3S/c1-2-21-8-5-3-7(4-6-8)17-12-18-10(13(14,15)16)9(22-12)11(19)20/h3-6H,2H2,1H3,(H,17,18)(H,19,20). The SMILES string of the molecule is CCOc1ccc(Nc2nc(C(F)(F)F)c(C(=O)O)s2)cc1. The van der Waals surface area contributed by atoms with Gasteiger partial charge in [-0.1, -0.05) is 11.3 Å². The number of carboxylic acid groups (broad SMARTS) is 1. The highest BCUT2D eigenvalue weighted by atomic mass is 32.1. The molecule has 0 amide bonds. The van der Waals surface area contributed by atoms with Crippen molar-refractivity contribution in [2.75, 3.05) is 11.9 Å². The molecule has 0 fully saturated rings. The van der Waals surface area contributed by atoms with Gasteiger partial charge in [0, 0.05) is 5.69 Å². The summed E-state index contributed by atoms with van der Waals surface area (Å²) in [6.07, 6.45) is -4.82. The minimum Gasteiger partial charge on any atom is -0.494 e. The lowest BCUT2D eigenvalue weighted by atomic mass is 10.3. The van der Waals surface area contributed by atoms with Gasteiger partial charge in [0.05, 0.1) is 6.61 Å². The van der Waals surface area contributed by atoms with E-state index in [9.17, 15) is 18.0 Å². The number of halogens is 3. The van der Waals surface area contributed by atoms with Gasteiger partial charge in [-0.3, -0.25) is 0 Å². The van der Waals surface area contributed by atoms with E-state index >= 15 is 0 Å². The molecule has 0 aliphatic carbocycles. The molecule has 1 aromatic heterocycles. The van der Waals surface area contributed by atoms with Crippen molar-refractivity contribution in [1.29, 1.82) is 0 Å². The molecular formula is C13H11F3N2O3S. The zero-order valence-corrected chi connectivity index (χ0v) is 12.1. The molecular weight excluding hydrogens is 321 g/mol. The van der Waals surface area contributed by atoms with Crippen LogP contribution in [0.3, 0.4) is 0 Å². The van der Waals surface area contributed by atoms with Gasteiger partial charge in [-0.2, -0.15) is 13.2 Å². The van der Waals surface area contributed by atoms with E-state index in [1.165, 1.54) is 0 Å². The summed E-state index contributed by atoms with van der Waals surface area (Å²) >= 11 is 0.431. The Morgan fingerprint density at radius 1 is 1.36 bits per heavy atom. The zero-order valence-electron chi connectivity index (χ0n) is 11.3. The maximum atomic E-state index is 12.7. The summed E-state index contributed by atoms with van der Waals surface area (Å²) in [6.45, 7) is 2.32. The molecule has 9 heteroatoms. The van der Waals surface area contributed by atoms with Crippen molar-refractivity contribution in [3.8, 4) is 5.75 Å².